The molecule has 8 heteroatoms. The van der Waals surface area contributed by atoms with Crippen molar-refractivity contribution in [2.24, 2.45) is 17.8 Å². The van der Waals surface area contributed by atoms with Crippen LogP contribution in [0.5, 0.6) is 0 Å². The van der Waals surface area contributed by atoms with Gasteiger partial charge in [-0.3, -0.25) is 4.68 Å². The molecule has 0 bridgehead atoms. The summed E-state index contributed by atoms with van der Waals surface area (Å²) in [6, 6.07) is 10.2. The SMILES string of the molecule is Cn1cc(CN=C(N)N2CCN(c3nccs3)CC2)c(-c2ccccc2)n1. The zero-order valence-corrected chi connectivity index (χ0v) is 16.1. The van der Waals surface area contributed by atoms with Crippen LogP contribution in [-0.2, 0) is 13.6 Å². The van der Waals surface area contributed by atoms with E-state index in [1.807, 2.05) is 47.7 Å². The molecule has 1 aliphatic rings. The minimum absolute atomic E-state index is 0.524. The zero-order chi connectivity index (χ0) is 18.6. The summed E-state index contributed by atoms with van der Waals surface area (Å²) < 4.78 is 1.83. The Kier molecular flexibility index (Phi) is 5.06. The lowest BCUT2D eigenvalue weighted by atomic mass is 10.1. The second-order valence-corrected chi connectivity index (χ2v) is 7.38. The van der Waals surface area contributed by atoms with Gasteiger partial charge in [-0.2, -0.15) is 5.10 Å². The highest BCUT2D eigenvalue weighted by molar-refractivity contribution is 7.13. The lowest BCUT2D eigenvalue weighted by molar-refractivity contribution is 0.380. The second kappa shape index (κ2) is 7.79. The van der Waals surface area contributed by atoms with Gasteiger partial charge in [0.15, 0.2) is 11.1 Å². The summed E-state index contributed by atoms with van der Waals surface area (Å²) in [5, 5.41) is 7.68. The van der Waals surface area contributed by atoms with Gasteiger partial charge < -0.3 is 15.5 Å². The Hall–Kier alpha value is -2.87. The van der Waals surface area contributed by atoms with Crippen LogP contribution in [0.3, 0.4) is 0 Å². The van der Waals surface area contributed by atoms with Gasteiger partial charge in [-0.1, -0.05) is 30.3 Å². The molecule has 2 aromatic heterocycles. The van der Waals surface area contributed by atoms with Crippen LogP contribution in [0.15, 0.2) is 53.1 Å². The van der Waals surface area contributed by atoms with E-state index in [-0.39, 0.29) is 0 Å². The number of piperazine rings is 1. The van der Waals surface area contributed by atoms with Crippen molar-refractivity contribution in [2.75, 3.05) is 31.1 Å². The van der Waals surface area contributed by atoms with Gasteiger partial charge in [-0.15, -0.1) is 11.3 Å². The Morgan fingerprint density at radius 1 is 1.19 bits per heavy atom. The number of aliphatic imine (C=N–C) groups is 1. The van der Waals surface area contributed by atoms with Crippen LogP contribution in [0.2, 0.25) is 0 Å². The number of rotatable bonds is 4. The summed E-state index contributed by atoms with van der Waals surface area (Å²) in [5.41, 5.74) is 9.41. The highest BCUT2D eigenvalue weighted by atomic mass is 32.1. The average Bonchev–Trinajstić information content (AvgIpc) is 3.37. The first kappa shape index (κ1) is 17.5. The van der Waals surface area contributed by atoms with E-state index in [9.17, 15) is 0 Å². The van der Waals surface area contributed by atoms with Crippen molar-refractivity contribution in [1.82, 2.24) is 19.7 Å². The van der Waals surface area contributed by atoms with Crippen molar-refractivity contribution in [3.63, 3.8) is 0 Å². The molecule has 3 heterocycles. The molecule has 0 amide bonds. The monoisotopic (exact) mass is 381 g/mol. The summed E-state index contributed by atoms with van der Waals surface area (Å²) in [5.74, 6) is 0.594. The molecule has 1 saturated heterocycles. The molecule has 0 aliphatic carbocycles. The molecule has 3 aromatic rings. The summed E-state index contributed by atoms with van der Waals surface area (Å²) in [6.45, 7) is 4.05. The second-order valence-electron chi connectivity index (χ2n) is 6.51. The van der Waals surface area contributed by atoms with E-state index in [2.05, 4.69) is 37.0 Å². The molecule has 0 saturated carbocycles. The van der Waals surface area contributed by atoms with Gasteiger partial charge in [-0.25, -0.2) is 9.98 Å². The number of benzene rings is 1. The molecule has 27 heavy (non-hydrogen) atoms. The van der Waals surface area contributed by atoms with Gasteiger partial charge in [0.05, 0.1) is 12.2 Å². The first-order chi connectivity index (χ1) is 13.2. The highest BCUT2D eigenvalue weighted by Crippen LogP contribution is 2.22. The fourth-order valence-corrected chi connectivity index (χ4v) is 3.95. The minimum atomic E-state index is 0.524. The average molecular weight is 382 g/mol. The molecule has 0 atom stereocenters. The smallest absolute Gasteiger partial charge is 0.191 e. The number of nitrogens with zero attached hydrogens (tertiary/aromatic N) is 6. The van der Waals surface area contributed by atoms with Crippen molar-refractivity contribution in [3.8, 4) is 11.3 Å². The molecular formula is C19H23N7S. The third-order valence-corrected chi connectivity index (χ3v) is 5.49. The number of nitrogens with two attached hydrogens (primary N) is 1. The van der Waals surface area contributed by atoms with Gasteiger partial charge >= 0.3 is 0 Å². The van der Waals surface area contributed by atoms with E-state index in [1.165, 1.54) is 0 Å². The first-order valence-electron chi connectivity index (χ1n) is 8.98. The molecule has 0 spiro atoms. The van der Waals surface area contributed by atoms with E-state index in [1.54, 1.807) is 11.3 Å². The lowest BCUT2D eigenvalue weighted by Crippen LogP contribution is -2.51. The zero-order valence-electron chi connectivity index (χ0n) is 15.3. The van der Waals surface area contributed by atoms with Crippen LogP contribution in [0.4, 0.5) is 5.13 Å². The topological polar surface area (TPSA) is 75.6 Å². The largest absolute Gasteiger partial charge is 0.370 e. The quantitative estimate of drug-likeness (QED) is 0.554. The van der Waals surface area contributed by atoms with Crippen LogP contribution in [0.25, 0.3) is 11.3 Å². The molecule has 0 unspecified atom stereocenters. The van der Waals surface area contributed by atoms with Crippen LogP contribution >= 0.6 is 11.3 Å². The lowest BCUT2D eigenvalue weighted by Gasteiger charge is -2.35. The molecule has 0 radical (unpaired) electrons. The number of thiazole rings is 1. The number of hydrogen-bond donors (Lipinski definition) is 1. The molecule has 2 N–H and O–H groups in total. The molecule has 4 rings (SSSR count). The van der Waals surface area contributed by atoms with Gasteiger partial charge in [0.2, 0.25) is 0 Å². The van der Waals surface area contributed by atoms with Crippen molar-refractivity contribution in [1.29, 1.82) is 0 Å². The van der Waals surface area contributed by atoms with E-state index in [4.69, 9.17) is 5.73 Å². The van der Waals surface area contributed by atoms with Gasteiger partial charge in [0.25, 0.3) is 0 Å². The van der Waals surface area contributed by atoms with E-state index in [0.717, 1.165) is 48.1 Å². The van der Waals surface area contributed by atoms with Crippen molar-refractivity contribution in [2.45, 2.75) is 6.54 Å². The van der Waals surface area contributed by atoms with Crippen LogP contribution in [0, 0.1) is 0 Å². The summed E-state index contributed by atoms with van der Waals surface area (Å²) in [7, 11) is 1.93. The number of guanidine groups is 1. The Morgan fingerprint density at radius 3 is 2.67 bits per heavy atom. The number of hydrogen-bond acceptors (Lipinski definition) is 5. The van der Waals surface area contributed by atoms with Gasteiger partial charge in [0, 0.05) is 62.1 Å². The number of aromatic nitrogens is 3. The van der Waals surface area contributed by atoms with E-state index < -0.39 is 0 Å². The third kappa shape index (κ3) is 3.95. The Morgan fingerprint density at radius 2 is 1.96 bits per heavy atom. The summed E-state index contributed by atoms with van der Waals surface area (Å²) in [4.78, 5) is 13.5. The normalized spacial score (nSPS) is 15.4. The molecule has 1 aromatic carbocycles. The molecule has 7 nitrogen and oxygen atoms in total. The van der Waals surface area contributed by atoms with Crippen molar-refractivity contribution < 1.29 is 0 Å². The predicted octanol–water partition coefficient (Wildman–Crippen LogP) is 2.18. The predicted molar refractivity (Wildman–Crippen MR) is 110 cm³/mol. The third-order valence-electron chi connectivity index (χ3n) is 4.66. The van der Waals surface area contributed by atoms with Gasteiger partial charge in [-0.05, 0) is 0 Å². The van der Waals surface area contributed by atoms with Crippen LogP contribution in [0.1, 0.15) is 5.56 Å². The first-order valence-corrected chi connectivity index (χ1v) is 9.86. The Bertz CT molecular complexity index is 894. The minimum Gasteiger partial charge on any atom is -0.370 e. The van der Waals surface area contributed by atoms with Crippen LogP contribution < -0.4 is 10.6 Å². The van der Waals surface area contributed by atoms with Crippen molar-refractivity contribution >= 4 is 22.4 Å². The van der Waals surface area contributed by atoms with E-state index in [0.29, 0.717) is 12.5 Å². The van der Waals surface area contributed by atoms with E-state index >= 15 is 0 Å². The Balaban J connectivity index is 1.42. The van der Waals surface area contributed by atoms with Crippen LogP contribution in [-0.4, -0.2) is 51.8 Å². The maximum absolute atomic E-state index is 6.27. The fraction of sp³-hybridized carbons (Fsp3) is 0.316. The molecule has 1 fully saturated rings. The molecule has 140 valence electrons. The maximum atomic E-state index is 6.27. The summed E-state index contributed by atoms with van der Waals surface area (Å²) in [6.07, 6.45) is 3.86. The molecular weight excluding hydrogens is 358 g/mol. The highest BCUT2D eigenvalue weighted by Gasteiger charge is 2.20. The van der Waals surface area contributed by atoms with Crippen molar-refractivity contribution in [3.05, 3.63) is 53.7 Å². The standard InChI is InChI=1S/C19H23N7S/c1-24-14-16(17(23-24)15-5-3-2-4-6-15)13-22-18(20)25-8-10-26(11-9-25)19-21-7-12-27-19/h2-7,12,14H,8-11,13H2,1H3,(H2,20,22). The summed E-state index contributed by atoms with van der Waals surface area (Å²) >= 11 is 1.67. The maximum Gasteiger partial charge on any atom is 0.191 e. The van der Waals surface area contributed by atoms with Gasteiger partial charge in [0.1, 0.15) is 0 Å². The number of aryl methyl sites for hydroxylation is 1. The fourth-order valence-electron chi connectivity index (χ4n) is 3.26. The molecule has 1 aliphatic heterocycles. The Labute approximate surface area is 162 Å². The number of anilines is 1.